The van der Waals surface area contributed by atoms with Crippen LogP contribution in [0.4, 0.5) is 5.13 Å². The third-order valence-corrected chi connectivity index (χ3v) is 7.86. The van der Waals surface area contributed by atoms with E-state index >= 15 is 0 Å². The summed E-state index contributed by atoms with van der Waals surface area (Å²) < 4.78 is 11.6. The van der Waals surface area contributed by atoms with Crippen LogP contribution in [0.3, 0.4) is 0 Å². The van der Waals surface area contributed by atoms with Crippen LogP contribution in [0.15, 0.2) is 47.4 Å². The lowest BCUT2D eigenvalue weighted by molar-refractivity contribution is -0.118. The highest BCUT2D eigenvalue weighted by molar-refractivity contribution is 7.99. The van der Waals surface area contributed by atoms with Gasteiger partial charge < -0.3 is 9.47 Å². The molecule has 1 aliphatic rings. The summed E-state index contributed by atoms with van der Waals surface area (Å²) in [5.41, 5.74) is 0.762. The fourth-order valence-corrected chi connectivity index (χ4v) is 5.84. The molecule has 0 unspecified atom stereocenters. The minimum Gasteiger partial charge on any atom is -0.497 e. The first-order chi connectivity index (χ1) is 16.1. The molecule has 2 heterocycles. The van der Waals surface area contributed by atoms with Crippen LogP contribution >= 0.6 is 47.1 Å². The predicted octanol–water partition coefficient (Wildman–Crippen LogP) is 5.62. The van der Waals surface area contributed by atoms with Crippen molar-refractivity contribution >= 4 is 68.4 Å². The van der Waals surface area contributed by atoms with Crippen LogP contribution in [-0.2, 0) is 9.53 Å². The number of rotatable bonds is 10. The number of benzene rings is 2. The molecule has 1 amide bonds. The maximum atomic E-state index is 13.3. The summed E-state index contributed by atoms with van der Waals surface area (Å²) >= 11 is 9.54. The third-order valence-electron chi connectivity index (χ3n) is 5.49. The molecule has 0 saturated carbocycles. The molecular weight excluding hydrogens is 513 g/mol. The Labute approximate surface area is 220 Å². The molecule has 0 N–H and O–H groups in total. The Bertz CT molecular complexity index is 1060. The fourth-order valence-electron chi connectivity index (χ4n) is 3.69. The quantitative estimate of drug-likeness (QED) is 0.310. The number of carbonyl (C=O) groups is 1. The van der Waals surface area contributed by atoms with E-state index in [2.05, 4.69) is 4.90 Å². The smallest absolute Gasteiger partial charge is 0.229 e. The third kappa shape index (κ3) is 7.23. The zero-order valence-corrected chi connectivity index (χ0v) is 22.3. The minimum atomic E-state index is 0. The van der Waals surface area contributed by atoms with Crippen molar-refractivity contribution in [2.45, 2.75) is 17.7 Å². The van der Waals surface area contributed by atoms with E-state index in [0.717, 1.165) is 65.3 Å². The molecule has 184 valence electrons. The van der Waals surface area contributed by atoms with Crippen LogP contribution < -0.4 is 9.64 Å². The molecule has 34 heavy (non-hydrogen) atoms. The average molecular weight is 543 g/mol. The number of nitrogens with zero attached hydrogens (tertiary/aromatic N) is 3. The molecule has 0 spiro atoms. The van der Waals surface area contributed by atoms with Crippen molar-refractivity contribution in [2.75, 3.05) is 57.2 Å². The lowest BCUT2D eigenvalue weighted by atomic mass is 10.3. The Morgan fingerprint density at radius 2 is 2.00 bits per heavy atom. The number of morpholine rings is 1. The zero-order valence-electron chi connectivity index (χ0n) is 19.1. The second-order valence-electron chi connectivity index (χ2n) is 7.71. The van der Waals surface area contributed by atoms with Crippen LogP contribution in [0, 0.1) is 0 Å². The van der Waals surface area contributed by atoms with Crippen molar-refractivity contribution < 1.29 is 14.3 Å². The summed E-state index contributed by atoms with van der Waals surface area (Å²) in [5.74, 6) is 1.63. The first-order valence-corrected chi connectivity index (χ1v) is 13.2. The normalized spacial score (nSPS) is 14.1. The van der Waals surface area contributed by atoms with Crippen molar-refractivity contribution in [3.05, 3.63) is 47.5 Å². The van der Waals surface area contributed by atoms with Crippen LogP contribution in [0.25, 0.3) is 10.2 Å². The molecule has 0 aliphatic carbocycles. The lowest BCUT2D eigenvalue weighted by Crippen LogP contribution is -2.39. The molecule has 0 atom stereocenters. The van der Waals surface area contributed by atoms with Gasteiger partial charge in [-0.2, -0.15) is 0 Å². The molecule has 2 aromatic carbocycles. The van der Waals surface area contributed by atoms with E-state index in [1.54, 1.807) is 18.9 Å². The number of ether oxygens (including phenoxy) is 2. The molecule has 1 aliphatic heterocycles. The number of para-hydroxylation sites is 1. The average Bonchev–Trinajstić information content (AvgIpc) is 3.28. The van der Waals surface area contributed by atoms with Crippen molar-refractivity contribution in [3.8, 4) is 5.75 Å². The van der Waals surface area contributed by atoms with Crippen LogP contribution in [0.5, 0.6) is 5.75 Å². The van der Waals surface area contributed by atoms with E-state index in [0.29, 0.717) is 23.7 Å². The molecule has 0 bridgehead atoms. The summed E-state index contributed by atoms with van der Waals surface area (Å²) in [4.78, 5) is 23.3. The number of aromatic nitrogens is 1. The van der Waals surface area contributed by atoms with Gasteiger partial charge in [0.25, 0.3) is 0 Å². The first kappa shape index (κ1) is 27.0. The highest BCUT2D eigenvalue weighted by Crippen LogP contribution is 2.33. The van der Waals surface area contributed by atoms with Crippen LogP contribution in [0.2, 0.25) is 5.02 Å². The number of carbonyl (C=O) groups excluding carboxylic acids is 1. The van der Waals surface area contributed by atoms with Gasteiger partial charge in [0.05, 0.1) is 30.0 Å². The van der Waals surface area contributed by atoms with E-state index in [-0.39, 0.29) is 18.3 Å². The molecule has 0 radical (unpaired) electrons. The minimum absolute atomic E-state index is 0. The molecule has 1 saturated heterocycles. The molecular formula is C24H29Cl2N3O3S2. The van der Waals surface area contributed by atoms with Gasteiger partial charge in [-0.15, -0.1) is 24.2 Å². The Morgan fingerprint density at radius 1 is 1.24 bits per heavy atom. The van der Waals surface area contributed by atoms with Gasteiger partial charge in [-0.05, 0) is 42.8 Å². The number of halogens is 2. The largest absolute Gasteiger partial charge is 0.497 e. The SMILES string of the molecule is COc1ccc(SCCC(=O)N(CCCN2CCOCC2)c2nc3c(Cl)cccc3s2)cc1.Cl. The maximum absolute atomic E-state index is 13.3. The van der Waals surface area contributed by atoms with Gasteiger partial charge in [-0.1, -0.05) is 29.0 Å². The van der Waals surface area contributed by atoms with Gasteiger partial charge in [0, 0.05) is 43.2 Å². The van der Waals surface area contributed by atoms with E-state index in [1.165, 1.54) is 11.3 Å². The Hall–Kier alpha value is -1.55. The van der Waals surface area contributed by atoms with E-state index < -0.39 is 0 Å². The van der Waals surface area contributed by atoms with E-state index in [9.17, 15) is 4.79 Å². The molecule has 10 heteroatoms. The number of amides is 1. The summed E-state index contributed by atoms with van der Waals surface area (Å²) in [6.07, 6.45) is 1.33. The fraction of sp³-hybridized carbons (Fsp3) is 0.417. The topological polar surface area (TPSA) is 54.9 Å². The van der Waals surface area contributed by atoms with Gasteiger partial charge in [-0.3, -0.25) is 14.6 Å². The standard InChI is InChI=1S/C24H28ClN3O3S2.ClH/c1-30-18-6-8-19(9-7-18)32-17-10-22(29)28(12-3-11-27-13-15-31-16-14-27)24-26-23-20(25)4-2-5-21(23)33-24;/h2,4-9H,3,10-17H2,1H3;1H. The van der Waals surface area contributed by atoms with E-state index in [4.69, 9.17) is 26.1 Å². The van der Waals surface area contributed by atoms with Gasteiger partial charge >= 0.3 is 0 Å². The summed E-state index contributed by atoms with van der Waals surface area (Å²) in [6.45, 7) is 5.04. The monoisotopic (exact) mass is 541 g/mol. The molecule has 3 aromatic rings. The van der Waals surface area contributed by atoms with Gasteiger partial charge in [-0.25, -0.2) is 4.98 Å². The summed E-state index contributed by atoms with van der Waals surface area (Å²) in [6, 6.07) is 13.7. The number of anilines is 1. The van der Waals surface area contributed by atoms with Crippen molar-refractivity contribution in [1.29, 1.82) is 0 Å². The van der Waals surface area contributed by atoms with Gasteiger partial charge in [0.15, 0.2) is 5.13 Å². The number of thiazole rings is 1. The van der Waals surface area contributed by atoms with Crippen LogP contribution in [0.1, 0.15) is 12.8 Å². The second-order valence-corrected chi connectivity index (χ2v) is 10.3. The number of hydrogen-bond acceptors (Lipinski definition) is 7. The Balaban J connectivity index is 0.00000324. The maximum Gasteiger partial charge on any atom is 0.229 e. The highest BCUT2D eigenvalue weighted by Gasteiger charge is 2.21. The van der Waals surface area contributed by atoms with Gasteiger partial charge in [0.1, 0.15) is 11.3 Å². The van der Waals surface area contributed by atoms with Crippen molar-refractivity contribution in [2.24, 2.45) is 0 Å². The van der Waals surface area contributed by atoms with E-state index in [1.807, 2.05) is 47.4 Å². The van der Waals surface area contributed by atoms with Crippen molar-refractivity contribution in [1.82, 2.24) is 9.88 Å². The highest BCUT2D eigenvalue weighted by atomic mass is 35.5. The molecule has 1 fully saturated rings. The lowest BCUT2D eigenvalue weighted by Gasteiger charge is -2.27. The van der Waals surface area contributed by atoms with Gasteiger partial charge in [0.2, 0.25) is 5.91 Å². The number of hydrogen-bond donors (Lipinski definition) is 0. The van der Waals surface area contributed by atoms with Crippen molar-refractivity contribution in [3.63, 3.8) is 0 Å². The summed E-state index contributed by atoms with van der Waals surface area (Å²) in [5, 5.41) is 1.34. The Morgan fingerprint density at radius 3 is 2.71 bits per heavy atom. The molecule has 4 rings (SSSR count). The van der Waals surface area contributed by atoms with Crippen LogP contribution in [-0.4, -0.2) is 68.0 Å². The molecule has 1 aromatic heterocycles. The first-order valence-electron chi connectivity index (χ1n) is 11.1. The predicted molar refractivity (Wildman–Crippen MR) is 144 cm³/mol. The summed E-state index contributed by atoms with van der Waals surface area (Å²) in [7, 11) is 1.66. The zero-order chi connectivity index (χ0) is 23.0. The number of fused-ring (bicyclic) bond motifs is 1. The molecule has 6 nitrogen and oxygen atoms in total. The number of methoxy groups -OCH3 is 1. The second kappa shape index (κ2) is 13.5. The Kier molecular flexibility index (Phi) is 10.8. The number of thioether (sulfide) groups is 1.